The van der Waals surface area contributed by atoms with E-state index in [9.17, 15) is 9.59 Å². The maximum Gasteiger partial charge on any atom is 0.329 e. The second-order valence-corrected chi connectivity index (χ2v) is 6.43. The van der Waals surface area contributed by atoms with Crippen LogP contribution >= 0.6 is 11.6 Å². The van der Waals surface area contributed by atoms with E-state index >= 15 is 0 Å². The Labute approximate surface area is 175 Å². The number of hydrazone groups is 1. The second-order valence-electron chi connectivity index (χ2n) is 6.00. The minimum absolute atomic E-state index is 0.212. The molecular weight excluding hydrogens is 394 g/mol. The minimum Gasteiger partial charge on any atom is -0.490 e. The molecule has 2 rings (SSSR count). The van der Waals surface area contributed by atoms with Gasteiger partial charge in [-0.05, 0) is 54.8 Å². The quantitative estimate of drug-likeness (QED) is 0.372. The van der Waals surface area contributed by atoms with Crippen molar-refractivity contribution in [1.82, 2.24) is 10.7 Å². The molecule has 2 N–H and O–H groups in total. The summed E-state index contributed by atoms with van der Waals surface area (Å²) in [6, 6.07) is 12.3. The van der Waals surface area contributed by atoms with Crippen LogP contribution in [0.3, 0.4) is 0 Å². The zero-order valence-corrected chi connectivity index (χ0v) is 17.2. The van der Waals surface area contributed by atoms with Crippen molar-refractivity contribution < 1.29 is 19.1 Å². The average Bonchev–Trinajstić information content (AvgIpc) is 2.72. The molecule has 0 spiro atoms. The molecule has 0 aliphatic carbocycles. The molecule has 0 saturated carbocycles. The number of amides is 2. The molecule has 0 saturated heterocycles. The molecule has 0 bridgehead atoms. The summed E-state index contributed by atoms with van der Waals surface area (Å²) in [5.74, 6) is -0.396. The number of ether oxygens (including phenoxy) is 2. The Morgan fingerprint density at radius 3 is 2.48 bits per heavy atom. The van der Waals surface area contributed by atoms with Gasteiger partial charge in [-0.25, -0.2) is 5.43 Å². The van der Waals surface area contributed by atoms with Gasteiger partial charge in [-0.3, -0.25) is 9.59 Å². The molecule has 0 fully saturated rings. The van der Waals surface area contributed by atoms with Crippen molar-refractivity contribution in [1.29, 1.82) is 0 Å². The number of carbonyl (C=O) groups excluding carboxylic acids is 2. The van der Waals surface area contributed by atoms with Gasteiger partial charge in [0, 0.05) is 11.6 Å². The van der Waals surface area contributed by atoms with Crippen molar-refractivity contribution >= 4 is 29.6 Å². The average molecular weight is 418 g/mol. The Morgan fingerprint density at radius 1 is 1.03 bits per heavy atom. The minimum atomic E-state index is -0.858. The summed E-state index contributed by atoms with van der Waals surface area (Å²) < 4.78 is 11.2. The van der Waals surface area contributed by atoms with Gasteiger partial charge >= 0.3 is 11.8 Å². The van der Waals surface area contributed by atoms with Crippen LogP contribution in [0, 0.1) is 0 Å². The molecule has 0 aliphatic heterocycles. The molecule has 2 amide bonds. The third-order valence-corrected chi connectivity index (χ3v) is 3.93. The fourth-order valence-corrected chi connectivity index (χ4v) is 2.41. The first-order chi connectivity index (χ1) is 14.0. The fourth-order valence-electron chi connectivity index (χ4n) is 2.29. The lowest BCUT2D eigenvalue weighted by molar-refractivity contribution is -0.139. The summed E-state index contributed by atoms with van der Waals surface area (Å²) in [5, 5.41) is 6.94. The van der Waals surface area contributed by atoms with Crippen molar-refractivity contribution in [2.24, 2.45) is 5.10 Å². The summed E-state index contributed by atoms with van der Waals surface area (Å²) in [6.07, 6.45) is 2.32. The second kappa shape index (κ2) is 11.7. The number of rotatable bonds is 9. The number of hydrogen-bond donors (Lipinski definition) is 2. The number of hydrogen-bond acceptors (Lipinski definition) is 5. The summed E-state index contributed by atoms with van der Waals surface area (Å²) in [6.45, 7) is 5.20. The van der Waals surface area contributed by atoms with E-state index in [4.69, 9.17) is 21.1 Å². The van der Waals surface area contributed by atoms with Crippen molar-refractivity contribution in [3.05, 3.63) is 58.6 Å². The van der Waals surface area contributed by atoms with Crippen LogP contribution in [-0.2, 0) is 16.1 Å². The van der Waals surface area contributed by atoms with Crippen LogP contribution in [0.25, 0.3) is 0 Å². The van der Waals surface area contributed by atoms with E-state index in [-0.39, 0.29) is 6.54 Å². The van der Waals surface area contributed by atoms with E-state index in [1.165, 1.54) is 6.21 Å². The van der Waals surface area contributed by atoms with Crippen LogP contribution in [-0.4, -0.2) is 31.2 Å². The van der Waals surface area contributed by atoms with Crippen molar-refractivity contribution in [3.63, 3.8) is 0 Å². The summed E-state index contributed by atoms with van der Waals surface area (Å²) in [4.78, 5) is 23.7. The summed E-state index contributed by atoms with van der Waals surface area (Å²) >= 11 is 5.81. The molecule has 8 heteroatoms. The lowest BCUT2D eigenvalue weighted by Crippen LogP contribution is -2.37. The van der Waals surface area contributed by atoms with Gasteiger partial charge in [0.1, 0.15) is 0 Å². The molecule has 29 heavy (non-hydrogen) atoms. The standard InChI is InChI=1S/C21H24ClN3O4/c1-3-11-29-18-10-7-16(12-19(18)28-4-2)14-24-25-21(27)20(26)23-13-15-5-8-17(22)9-6-15/h5-10,12,14H,3-4,11,13H2,1-2H3,(H,23,26)(H,25,27)/b24-14-. The molecule has 2 aromatic rings. The van der Waals surface area contributed by atoms with Gasteiger partial charge in [-0.1, -0.05) is 30.7 Å². The van der Waals surface area contributed by atoms with Gasteiger partial charge in [-0.2, -0.15) is 5.10 Å². The molecule has 0 aromatic heterocycles. The van der Waals surface area contributed by atoms with E-state index in [2.05, 4.69) is 15.8 Å². The Balaban J connectivity index is 1.88. The first-order valence-electron chi connectivity index (χ1n) is 9.28. The molecule has 0 radical (unpaired) electrons. The van der Waals surface area contributed by atoms with Crippen LogP contribution in [0.15, 0.2) is 47.6 Å². The highest BCUT2D eigenvalue weighted by atomic mass is 35.5. The van der Waals surface area contributed by atoms with Crippen LogP contribution in [0.2, 0.25) is 5.02 Å². The lowest BCUT2D eigenvalue weighted by atomic mass is 10.2. The van der Waals surface area contributed by atoms with Crippen molar-refractivity contribution in [3.8, 4) is 11.5 Å². The highest BCUT2D eigenvalue weighted by Crippen LogP contribution is 2.28. The molecule has 2 aromatic carbocycles. The monoisotopic (exact) mass is 417 g/mol. The maximum absolute atomic E-state index is 11.9. The van der Waals surface area contributed by atoms with Gasteiger partial charge in [0.15, 0.2) is 11.5 Å². The predicted octanol–water partition coefficient (Wildman–Crippen LogP) is 3.29. The van der Waals surface area contributed by atoms with E-state index in [1.54, 1.807) is 42.5 Å². The summed E-state index contributed by atoms with van der Waals surface area (Å²) in [5.41, 5.74) is 3.72. The first kappa shape index (κ1) is 22.2. The molecule has 154 valence electrons. The van der Waals surface area contributed by atoms with Gasteiger partial charge < -0.3 is 14.8 Å². The SMILES string of the molecule is CCCOc1ccc(/C=N\NC(=O)C(=O)NCc2ccc(Cl)cc2)cc1OCC. The number of halogens is 1. The number of nitrogens with zero attached hydrogens (tertiary/aromatic N) is 1. The van der Waals surface area contributed by atoms with Crippen LogP contribution in [0.4, 0.5) is 0 Å². The normalized spacial score (nSPS) is 10.6. The molecule has 0 aliphatic rings. The number of benzene rings is 2. The molecule has 0 unspecified atom stereocenters. The smallest absolute Gasteiger partial charge is 0.329 e. The Kier molecular flexibility index (Phi) is 8.98. The Hall–Kier alpha value is -3.06. The Bertz CT molecular complexity index is 854. The Morgan fingerprint density at radius 2 is 1.79 bits per heavy atom. The number of nitrogens with one attached hydrogen (secondary N) is 2. The maximum atomic E-state index is 11.9. The van der Waals surface area contributed by atoms with Crippen molar-refractivity contribution in [2.75, 3.05) is 13.2 Å². The third kappa shape index (κ3) is 7.46. The zero-order valence-electron chi connectivity index (χ0n) is 16.4. The fraction of sp³-hybridized carbons (Fsp3) is 0.286. The van der Waals surface area contributed by atoms with Crippen LogP contribution in [0.5, 0.6) is 11.5 Å². The lowest BCUT2D eigenvalue weighted by Gasteiger charge is -2.11. The molecule has 7 nitrogen and oxygen atoms in total. The van der Waals surface area contributed by atoms with E-state index in [1.807, 2.05) is 13.8 Å². The van der Waals surface area contributed by atoms with Gasteiger partial charge in [0.2, 0.25) is 0 Å². The van der Waals surface area contributed by atoms with Crippen molar-refractivity contribution in [2.45, 2.75) is 26.8 Å². The van der Waals surface area contributed by atoms with Gasteiger partial charge in [-0.15, -0.1) is 0 Å². The predicted molar refractivity (Wildman–Crippen MR) is 112 cm³/mol. The largest absolute Gasteiger partial charge is 0.490 e. The highest BCUT2D eigenvalue weighted by molar-refractivity contribution is 6.35. The first-order valence-corrected chi connectivity index (χ1v) is 9.66. The third-order valence-electron chi connectivity index (χ3n) is 3.68. The van der Waals surface area contributed by atoms with E-state index in [0.717, 1.165) is 12.0 Å². The van der Waals surface area contributed by atoms with E-state index < -0.39 is 11.8 Å². The van der Waals surface area contributed by atoms with Gasteiger partial charge in [0.25, 0.3) is 0 Å². The van der Waals surface area contributed by atoms with Gasteiger partial charge in [0.05, 0.1) is 19.4 Å². The van der Waals surface area contributed by atoms with Crippen LogP contribution in [0.1, 0.15) is 31.4 Å². The van der Waals surface area contributed by atoms with E-state index in [0.29, 0.717) is 35.3 Å². The number of carbonyl (C=O) groups is 2. The van der Waals surface area contributed by atoms with Crippen LogP contribution < -0.4 is 20.2 Å². The summed E-state index contributed by atoms with van der Waals surface area (Å²) in [7, 11) is 0. The zero-order chi connectivity index (χ0) is 21.1. The topological polar surface area (TPSA) is 89.0 Å². The highest BCUT2D eigenvalue weighted by Gasteiger charge is 2.12. The molecule has 0 heterocycles. The molecule has 0 atom stereocenters. The molecular formula is C21H24ClN3O4.